The van der Waals surface area contributed by atoms with Gasteiger partial charge in [-0.1, -0.05) is 6.58 Å². The molecule has 1 unspecified atom stereocenters. The molecule has 0 aromatic carbocycles. The average molecular weight is 157 g/mol. The van der Waals surface area contributed by atoms with Crippen molar-refractivity contribution in [2.75, 3.05) is 13.2 Å². The van der Waals surface area contributed by atoms with Gasteiger partial charge in [-0.2, -0.15) is 0 Å². The quantitative estimate of drug-likeness (QED) is 0.597. The largest absolute Gasteiger partial charge is 0.377 e. The summed E-state index contributed by atoms with van der Waals surface area (Å²) in [6, 6.07) is 0. The highest BCUT2D eigenvalue weighted by molar-refractivity contribution is 5.86. The molecular weight excluding hydrogens is 142 g/mol. The molecule has 0 aromatic rings. The van der Waals surface area contributed by atoms with Crippen molar-refractivity contribution < 1.29 is 9.53 Å². The van der Waals surface area contributed by atoms with Gasteiger partial charge in [0, 0.05) is 13.2 Å². The zero-order chi connectivity index (χ0) is 8.69. The van der Waals surface area contributed by atoms with E-state index in [0.717, 1.165) is 0 Å². The number of carbonyl (C=O) groups excluding carboxylic acids is 1. The van der Waals surface area contributed by atoms with Crippen LogP contribution in [0.4, 0.5) is 0 Å². The fraction of sp³-hybridized carbons (Fsp3) is 0.625. The highest BCUT2D eigenvalue weighted by Crippen LogP contribution is 1.86. The maximum atomic E-state index is 10.6. The van der Waals surface area contributed by atoms with Crippen molar-refractivity contribution in [1.82, 2.24) is 5.32 Å². The molecule has 1 atom stereocenters. The number of amides is 1. The van der Waals surface area contributed by atoms with E-state index in [1.807, 2.05) is 13.8 Å². The normalized spacial score (nSPS) is 12.2. The third-order valence-corrected chi connectivity index (χ3v) is 1.20. The summed E-state index contributed by atoms with van der Waals surface area (Å²) in [5.41, 5.74) is 0. The van der Waals surface area contributed by atoms with Gasteiger partial charge in [0.1, 0.15) is 0 Å². The first kappa shape index (κ1) is 10.2. The Labute approximate surface area is 67.4 Å². The maximum absolute atomic E-state index is 10.6. The van der Waals surface area contributed by atoms with Gasteiger partial charge in [0.2, 0.25) is 5.91 Å². The maximum Gasteiger partial charge on any atom is 0.243 e. The highest BCUT2D eigenvalue weighted by Gasteiger charge is 2.00. The number of nitrogens with one attached hydrogen (secondary N) is 1. The zero-order valence-electron chi connectivity index (χ0n) is 7.09. The molecule has 1 amide bonds. The lowest BCUT2D eigenvalue weighted by Crippen LogP contribution is -2.30. The molecule has 1 N–H and O–H groups in total. The molecule has 0 bridgehead atoms. The van der Waals surface area contributed by atoms with Crippen molar-refractivity contribution in [1.29, 1.82) is 0 Å². The fourth-order valence-electron chi connectivity index (χ4n) is 0.660. The smallest absolute Gasteiger partial charge is 0.243 e. The van der Waals surface area contributed by atoms with Crippen molar-refractivity contribution >= 4 is 5.91 Å². The van der Waals surface area contributed by atoms with Gasteiger partial charge in [0.05, 0.1) is 6.10 Å². The van der Waals surface area contributed by atoms with Crippen LogP contribution in [0.1, 0.15) is 13.8 Å². The summed E-state index contributed by atoms with van der Waals surface area (Å²) in [6.45, 7) is 8.38. The van der Waals surface area contributed by atoms with E-state index in [0.29, 0.717) is 13.2 Å². The predicted octanol–water partition coefficient (Wildman–Crippen LogP) is 0.714. The molecule has 0 rings (SSSR count). The van der Waals surface area contributed by atoms with Crippen LogP contribution < -0.4 is 5.32 Å². The molecule has 0 heterocycles. The summed E-state index contributed by atoms with van der Waals surface area (Å²) in [7, 11) is 0. The summed E-state index contributed by atoms with van der Waals surface area (Å²) < 4.78 is 5.19. The summed E-state index contributed by atoms with van der Waals surface area (Å²) in [5.74, 6) is -0.156. The Bertz CT molecular complexity index is 134. The minimum Gasteiger partial charge on any atom is -0.377 e. The molecule has 0 fully saturated rings. The molecule has 64 valence electrons. The number of ether oxygens (including phenoxy) is 1. The van der Waals surface area contributed by atoms with Crippen LogP contribution >= 0.6 is 0 Å². The first-order chi connectivity index (χ1) is 5.20. The Morgan fingerprint density at radius 3 is 2.91 bits per heavy atom. The van der Waals surface area contributed by atoms with Crippen LogP contribution in [-0.2, 0) is 9.53 Å². The summed E-state index contributed by atoms with van der Waals surface area (Å²) >= 11 is 0. The first-order valence-corrected chi connectivity index (χ1v) is 3.72. The van der Waals surface area contributed by atoms with Crippen LogP contribution in [0.5, 0.6) is 0 Å². The molecular formula is C8H15NO2. The molecule has 0 aliphatic heterocycles. The van der Waals surface area contributed by atoms with Crippen LogP contribution in [0, 0.1) is 0 Å². The summed E-state index contributed by atoms with van der Waals surface area (Å²) in [6.07, 6.45) is 1.32. The van der Waals surface area contributed by atoms with E-state index in [2.05, 4.69) is 11.9 Å². The molecule has 0 radical (unpaired) electrons. The van der Waals surface area contributed by atoms with Crippen LogP contribution in [0.3, 0.4) is 0 Å². The monoisotopic (exact) mass is 157 g/mol. The van der Waals surface area contributed by atoms with Crippen molar-refractivity contribution in [3.63, 3.8) is 0 Å². The summed E-state index contributed by atoms with van der Waals surface area (Å²) in [4.78, 5) is 10.6. The molecule has 3 nitrogen and oxygen atoms in total. The third-order valence-electron chi connectivity index (χ3n) is 1.20. The van der Waals surface area contributed by atoms with Crippen molar-refractivity contribution in [2.24, 2.45) is 0 Å². The number of hydrogen-bond acceptors (Lipinski definition) is 2. The Morgan fingerprint density at radius 1 is 1.82 bits per heavy atom. The number of hydrogen-bond donors (Lipinski definition) is 1. The molecule has 0 aliphatic rings. The minimum absolute atomic E-state index is 0.0731. The van der Waals surface area contributed by atoms with Crippen molar-refractivity contribution in [3.8, 4) is 0 Å². The van der Waals surface area contributed by atoms with E-state index in [-0.39, 0.29) is 12.0 Å². The van der Waals surface area contributed by atoms with Crippen molar-refractivity contribution in [3.05, 3.63) is 12.7 Å². The predicted molar refractivity (Wildman–Crippen MR) is 44.3 cm³/mol. The molecule has 0 saturated heterocycles. The van der Waals surface area contributed by atoms with Gasteiger partial charge in [-0.15, -0.1) is 0 Å². The van der Waals surface area contributed by atoms with Gasteiger partial charge in [-0.25, -0.2) is 0 Å². The highest BCUT2D eigenvalue weighted by atomic mass is 16.5. The Morgan fingerprint density at radius 2 is 2.45 bits per heavy atom. The lowest BCUT2D eigenvalue weighted by molar-refractivity contribution is -0.117. The molecule has 11 heavy (non-hydrogen) atoms. The lowest BCUT2D eigenvalue weighted by Gasteiger charge is -2.10. The molecule has 0 saturated carbocycles. The second-order valence-corrected chi connectivity index (χ2v) is 2.22. The lowest BCUT2D eigenvalue weighted by atomic mass is 10.4. The molecule has 3 heteroatoms. The molecule has 0 spiro atoms. The first-order valence-electron chi connectivity index (χ1n) is 3.72. The zero-order valence-corrected chi connectivity index (χ0v) is 7.09. The third kappa shape index (κ3) is 5.61. The van der Waals surface area contributed by atoms with Gasteiger partial charge in [0.25, 0.3) is 0 Å². The SMILES string of the molecule is C=CC(=O)NCC(C)OCC. The van der Waals surface area contributed by atoms with Gasteiger partial charge >= 0.3 is 0 Å². The van der Waals surface area contributed by atoms with E-state index in [1.165, 1.54) is 6.08 Å². The van der Waals surface area contributed by atoms with Crippen molar-refractivity contribution in [2.45, 2.75) is 20.0 Å². The molecule has 0 aromatic heterocycles. The standard InChI is InChI=1S/C8H15NO2/c1-4-8(10)9-6-7(3)11-5-2/h4,7H,1,5-6H2,2-3H3,(H,9,10). The van der Waals surface area contributed by atoms with Crippen LogP contribution in [-0.4, -0.2) is 25.2 Å². The van der Waals surface area contributed by atoms with Gasteiger partial charge < -0.3 is 10.1 Å². The van der Waals surface area contributed by atoms with Crippen LogP contribution in [0.15, 0.2) is 12.7 Å². The number of rotatable bonds is 5. The van der Waals surface area contributed by atoms with Gasteiger partial charge in [-0.05, 0) is 19.9 Å². The van der Waals surface area contributed by atoms with Crippen LogP contribution in [0.25, 0.3) is 0 Å². The number of carbonyl (C=O) groups is 1. The topological polar surface area (TPSA) is 38.3 Å². The van der Waals surface area contributed by atoms with E-state index < -0.39 is 0 Å². The Hall–Kier alpha value is -0.830. The van der Waals surface area contributed by atoms with E-state index in [9.17, 15) is 4.79 Å². The summed E-state index contributed by atoms with van der Waals surface area (Å²) in [5, 5.41) is 2.63. The fourth-order valence-corrected chi connectivity index (χ4v) is 0.660. The van der Waals surface area contributed by atoms with E-state index in [1.54, 1.807) is 0 Å². The van der Waals surface area contributed by atoms with E-state index in [4.69, 9.17) is 4.74 Å². The van der Waals surface area contributed by atoms with Crippen LogP contribution in [0.2, 0.25) is 0 Å². The average Bonchev–Trinajstić information content (AvgIpc) is 2.01. The Kier molecular flexibility index (Phi) is 5.47. The Balaban J connectivity index is 3.37. The minimum atomic E-state index is -0.156. The van der Waals surface area contributed by atoms with Gasteiger partial charge in [0.15, 0.2) is 0 Å². The second-order valence-electron chi connectivity index (χ2n) is 2.22. The van der Waals surface area contributed by atoms with E-state index >= 15 is 0 Å². The van der Waals surface area contributed by atoms with Gasteiger partial charge in [-0.3, -0.25) is 4.79 Å². The molecule has 0 aliphatic carbocycles. The second kappa shape index (κ2) is 5.92.